The Morgan fingerprint density at radius 1 is 1.14 bits per heavy atom. The van der Waals surface area contributed by atoms with Crippen molar-refractivity contribution in [3.63, 3.8) is 0 Å². The first-order valence-electron chi connectivity index (χ1n) is 9.68. The summed E-state index contributed by atoms with van der Waals surface area (Å²) in [4.78, 5) is 27.1. The molecule has 148 valence electrons. The predicted molar refractivity (Wildman–Crippen MR) is 107 cm³/mol. The summed E-state index contributed by atoms with van der Waals surface area (Å²) in [5.74, 6) is -0.633. The van der Waals surface area contributed by atoms with E-state index in [1.807, 2.05) is 0 Å². The van der Waals surface area contributed by atoms with E-state index in [0.717, 1.165) is 0 Å². The maximum atomic E-state index is 13.3. The second-order valence-electron chi connectivity index (χ2n) is 8.08. The average molecular weight is 382 g/mol. The van der Waals surface area contributed by atoms with Gasteiger partial charge in [0.25, 0.3) is 0 Å². The van der Waals surface area contributed by atoms with Crippen LogP contribution < -0.4 is 5.32 Å². The number of nitrogens with zero attached hydrogens (tertiary/aromatic N) is 1. The number of carbonyl (C=O) groups is 2. The SMILES string of the molecule is Cc1ccc(C(C)(C)CCC(=O)N2CCNC(=O)C2c2ccc(F)cc2)cc1. The molecule has 0 aromatic heterocycles. The van der Waals surface area contributed by atoms with Crippen LogP contribution in [0.3, 0.4) is 0 Å². The molecule has 0 bridgehead atoms. The quantitative estimate of drug-likeness (QED) is 0.853. The van der Waals surface area contributed by atoms with Gasteiger partial charge in [0.05, 0.1) is 0 Å². The summed E-state index contributed by atoms with van der Waals surface area (Å²) in [6, 6.07) is 13.5. The normalized spacial score (nSPS) is 17.4. The van der Waals surface area contributed by atoms with E-state index < -0.39 is 6.04 Å². The summed E-state index contributed by atoms with van der Waals surface area (Å²) < 4.78 is 13.3. The smallest absolute Gasteiger partial charge is 0.247 e. The average Bonchev–Trinajstić information content (AvgIpc) is 2.67. The van der Waals surface area contributed by atoms with Crippen LogP contribution in [0.25, 0.3) is 0 Å². The zero-order valence-corrected chi connectivity index (χ0v) is 16.7. The molecule has 0 aliphatic carbocycles. The number of piperazine rings is 1. The minimum atomic E-state index is -0.704. The molecule has 1 heterocycles. The van der Waals surface area contributed by atoms with Gasteiger partial charge in [-0.3, -0.25) is 9.59 Å². The second-order valence-corrected chi connectivity index (χ2v) is 8.08. The lowest BCUT2D eigenvalue weighted by Gasteiger charge is -2.36. The van der Waals surface area contributed by atoms with Gasteiger partial charge < -0.3 is 10.2 Å². The lowest BCUT2D eigenvalue weighted by atomic mass is 9.80. The molecule has 2 aromatic rings. The number of amides is 2. The molecule has 1 fully saturated rings. The molecule has 1 aliphatic rings. The van der Waals surface area contributed by atoms with E-state index in [2.05, 4.69) is 50.4 Å². The first kappa shape index (κ1) is 20.1. The number of rotatable bonds is 5. The van der Waals surface area contributed by atoms with Crippen LogP contribution in [-0.2, 0) is 15.0 Å². The van der Waals surface area contributed by atoms with Crippen molar-refractivity contribution < 1.29 is 14.0 Å². The van der Waals surface area contributed by atoms with Crippen LogP contribution >= 0.6 is 0 Å². The Balaban J connectivity index is 1.73. The first-order valence-corrected chi connectivity index (χ1v) is 9.68. The van der Waals surface area contributed by atoms with E-state index >= 15 is 0 Å². The Bertz CT molecular complexity index is 844. The highest BCUT2D eigenvalue weighted by Crippen LogP contribution is 2.30. The van der Waals surface area contributed by atoms with Crippen LogP contribution in [0.5, 0.6) is 0 Å². The molecule has 0 radical (unpaired) electrons. The summed E-state index contributed by atoms with van der Waals surface area (Å²) in [6.45, 7) is 7.20. The molecule has 5 heteroatoms. The van der Waals surface area contributed by atoms with Gasteiger partial charge in [0.2, 0.25) is 11.8 Å². The van der Waals surface area contributed by atoms with Gasteiger partial charge in [-0.25, -0.2) is 4.39 Å². The maximum Gasteiger partial charge on any atom is 0.247 e. The minimum absolute atomic E-state index is 0.0515. The van der Waals surface area contributed by atoms with Crippen molar-refractivity contribution in [1.82, 2.24) is 10.2 Å². The monoisotopic (exact) mass is 382 g/mol. The zero-order valence-electron chi connectivity index (χ0n) is 16.7. The number of hydrogen-bond donors (Lipinski definition) is 1. The number of hydrogen-bond acceptors (Lipinski definition) is 2. The van der Waals surface area contributed by atoms with Gasteiger partial charge in [-0.05, 0) is 42.0 Å². The Morgan fingerprint density at radius 2 is 1.79 bits per heavy atom. The Kier molecular flexibility index (Phi) is 5.82. The highest BCUT2D eigenvalue weighted by molar-refractivity contribution is 5.89. The zero-order chi connectivity index (χ0) is 20.3. The molecule has 1 unspecified atom stereocenters. The van der Waals surface area contributed by atoms with Gasteiger partial charge in [-0.2, -0.15) is 0 Å². The summed E-state index contributed by atoms with van der Waals surface area (Å²) in [5, 5.41) is 2.81. The fraction of sp³-hybridized carbons (Fsp3) is 0.391. The number of aryl methyl sites for hydroxylation is 1. The van der Waals surface area contributed by atoms with Crippen molar-refractivity contribution in [2.24, 2.45) is 0 Å². The van der Waals surface area contributed by atoms with Gasteiger partial charge in [-0.1, -0.05) is 55.8 Å². The van der Waals surface area contributed by atoms with Crippen LogP contribution in [0.2, 0.25) is 0 Å². The molecular weight excluding hydrogens is 355 g/mol. The van der Waals surface area contributed by atoms with Gasteiger partial charge in [0, 0.05) is 19.5 Å². The van der Waals surface area contributed by atoms with Crippen molar-refractivity contribution in [3.05, 3.63) is 71.0 Å². The molecule has 1 N–H and O–H groups in total. The Labute approximate surface area is 165 Å². The summed E-state index contributed by atoms with van der Waals surface area (Å²) in [5.41, 5.74) is 2.88. The summed E-state index contributed by atoms with van der Waals surface area (Å²) in [7, 11) is 0. The molecule has 2 aromatic carbocycles. The molecule has 0 saturated carbocycles. The van der Waals surface area contributed by atoms with Crippen molar-refractivity contribution in [3.8, 4) is 0 Å². The molecule has 4 nitrogen and oxygen atoms in total. The Morgan fingerprint density at radius 3 is 2.43 bits per heavy atom. The third-order valence-corrected chi connectivity index (χ3v) is 5.51. The number of benzene rings is 2. The van der Waals surface area contributed by atoms with Crippen LogP contribution in [0.15, 0.2) is 48.5 Å². The van der Waals surface area contributed by atoms with Crippen molar-refractivity contribution >= 4 is 11.8 Å². The molecule has 2 amide bonds. The third-order valence-electron chi connectivity index (χ3n) is 5.51. The molecule has 1 saturated heterocycles. The van der Waals surface area contributed by atoms with Crippen LogP contribution in [0.4, 0.5) is 4.39 Å². The molecular formula is C23H27FN2O2. The van der Waals surface area contributed by atoms with Gasteiger partial charge >= 0.3 is 0 Å². The number of carbonyl (C=O) groups excluding carboxylic acids is 2. The summed E-state index contributed by atoms with van der Waals surface area (Å²) in [6.07, 6.45) is 1.04. The number of halogens is 1. The predicted octanol–water partition coefficient (Wildman–Crippen LogP) is 3.89. The topological polar surface area (TPSA) is 49.4 Å². The van der Waals surface area contributed by atoms with Gasteiger partial charge in [-0.15, -0.1) is 0 Å². The van der Waals surface area contributed by atoms with Gasteiger partial charge in [0.1, 0.15) is 11.9 Å². The molecule has 3 rings (SSSR count). The van der Waals surface area contributed by atoms with Crippen LogP contribution in [-0.4, -0.2) is 29.8 Å². The molecule has 28 heavy (non-hydrogen) atoms. The lowest BCUT2D eigenvalue weighted by molar-refractivity contribution is -0.143. The highest BCUT2D eigenvalue weighted by Gasteiger charge is 2.35. The third kappa shape index (κ3) is 4.41. The van der Waals surface area contributed by atoms with Crippen LogP contribution in [0.1, 0.15) is 49.4 Å². The van der Waals surface area contributed by atoms with Crippen molar-refractivity contribution in [2.45, 2.75) is 45.1 Å². The van der Waals surface area contributed by atoms with E-state index in [9.17, 15) is 14.0 Å². The van der Waals surface area contributed by atoms with E-state index in [-0.39, 0.29) is 23.0 Å². The Hall–Kier alpha value is -2.69. The van der Waals surface area contributed by atoms with Crippen LogP contribution in [0, 0.1) is 12.7 Å². The number of nitrogens with one attached hydrogen (secondary N) is 1. The van der Waals surface area contributed by atoms with E-state index in [0.29, 0.717) is 31.5 Å². The van der Waals surface area contributed by atoms with Gasteiger partial charge in [0.15, 0.2) is 0 Å². The first-order chi connectivity index (χ1) is 13.3. The van der Waals surface area contributed by atoms with Crippen molar-refractivity contribution in [2.75, 3.05) is 13.1 Å². The minimum Gasteiger partial charge on any atom is -0.352 e. The largest absolute Gasteiger partial charge is 0.352 e. The fourth-order valence-electron chi connectivity index (χ4n) is 3.62. The summed E-state index contributed by atoms with van der Waals surface area (Å²) >= 11 is 0. The van der Waals surface area contributed by atoms with Crippen molar-refractivity contribution in [1.29, 1.82) is 0 Å². The lowest BCUT2D eigenvalue weighted by Crippen LogP contribution is -2.52. The fourth-order valence-corrected chi connectivity index (χ4v) is 3.62. The highest BCUT2D eigenvalue weighted by atomic mass is 19.1. The second kappa shape index (κ2) is 8.13. The molecule has 0 spiro atoms. The van der Waals surface area contributed by atoms with E-state index in [4.69, 9.17) is 0 Å². The van der Waals surface area contributed by atoms with E-state index in [1.165, 1.54) is 23.3 Å². The standard InChI is InChI=1S/C23H27FN2O2/c1-16-4-8-18(9-5-16)23(2,3)13-12-20(27)26-15-14-25-22(28)21(26)17-6-10-19(24)11-7-17/h4-11,21H,12-15H2,1-3H3,(H,25,28). The molecule has 1 atom stereocenters. The molecule has 1 aliphatic heterocycles. The van der Waals surface area contributed by atoms with E-state index in [1.54, 1.807) is 17.0 Å². The maximum absolute atomic E-state index is 13.3.